The Balaban J connectivity index is 0.000000188. The summed E-state index contributed by atoms with van der Waals surface area (Å²) in [5.41, 5.74) is 13.2. The number of nitrogen functional groups attached to an aromatic ring is 2. The summed E-state index contributed by atoms with van der Waals surface area (Å²) in [5.74, 6) is 0.477. The van der Waals surface area contributed by atoms with Crippen LogP contribution in [0.4, 0.5) is 23.0 Å². The van der Waals surface area contributed by atoms with Crippen LogP contribution in [0.2, 0.25) is 0 Å². The zero-order chi connectivity index (χ0) is 35.1. The third-order valence-corrected chi connectivity index (χ3v) is 12.2. The Kier molecular flexibility index (Phi) is 8.86. The molecule has 252 valence electrons. The first-order valence-electron chi connectivity index (χ1n) is 13.5. The first kappa shape index (κ1) is 34.2. The second kappa shape index (κ2) is 12.4. The number of nitrogens with zero attached hydrogens (tertiary/aromatic N) is 2. The van der Waals surface area contributed by atoms with E-state index in [1.807, 2.05) is 0 Å². The summed E-state index contributed by atoms with van der Waals surface area (Å²) in [6.45, 7) is 0. The van der Waals surface area contributed by atoms with Crippen LogP contribution in [-0.4, -0.2) is 66.6 Å². The Labute approximate surface area is 275 Å². The van der Waals surface area contributed by atoms with Crippen molar-refractivity contribution in [1.82, 2.24) is 20.4 Å². The van der Waals surface area contributed by atoms with Gasteiger partial charge in [0.15, 0.2) is 31.3 Å². The summed E-state index contributed by atoms with van der Waals surface area (Å²) in [6.07, 6.45) is 1.92. The van der Waals surface area contributed by atoms with E-state index in [0.717, 1.165) is 12.5 Å². The average Bonchev–Trinajstić information content (AvgIpc) is 3.57. The van der Waals surface area contributed by atoms with Crippen LogP contribution in [0.25, 0.3) is 21.8 Å². The fourth-order valence-electron chi connectivity index (χ4n) is 4.57. The predicted molar refractivity (Wildman–Crippen MR) is 182 cm³/mol. The first-order chi connectivity index (χ1) is 22.4. The third kappa shape index (κ3) is 7.20. The van der Waals surface area contributed by atoms with Crippen LogP contribution in [0, 0.1) is 0 Å². The van der Waals surface area contributed by atoms with Crippen molar-refractivity contribution in [2.24, 2.45) is 0 Å². The smallest absolute Gasteiger partial charge is 0.263 e. The van der Waals surface area contributed by atoms with Crippen molar-refractivity contribution < 1.29 is 33.7 Å². The maximum absolute atomic E-state index is 12.6. The molecule has 0 atom stereocenters. The van der Waals surface area contributed by atoms with E-state index in [4.69, 9.17) is 11.5 Å². The molecule has 2 aromatic heterocycles. The number of sulfonamides is 2. The van der Waals surface area contributed by atoms with Gasteiger partial charge in [-0.2, -0.15) is 10.2 Å². The number of nitrogens with two attached hydrogens (primary N) is 2. The molecule has 0 unspecified atom stereocenters. The van der Waals surface area contributed by atoms with Crippen LogP contribution in [0.1, 0.15) is 0 Å². The largest absolute Gasteiger partial charge is 0.382 e. The van der Waals surface area contributed by atoms with E-state index in [-0.39, 0.29) is 42.6 Å². The average molecular weight is 733 g/mol. The quantitative estimate of drug-likeness (QED) is 0.132. The van der Waals surface area contributed by atoms with Crippen LogP contribution in [-0.2, 0) is 39.7 Å². The lowest BCUT2D eigenvalue weighted by Crippen LogP contribution is -2.16. The predicted octanol–water partition coefficient (Wildman–Crippen LogP) is 2.70. The standard InChI is InChI=1S/2C14H14N4O4S2/c2*1-23(19,20)12-4-2-3-5-13(12)24(21,22)18-9-6-7-11-10(8-9)14(15)17-16-11/h2*2-8,18H,1H3,(H3,15,16,17). The number of fused-ring (bicyclic) bond motifs is 2. The molecule has 0 saturated heterocycles. The zero-order valence-electron chi connectivity index (χ0n) is 25.0. The van der Waals surface area contributed by atoms with Gasteiger partial charge in [0.25, 0.3) is 20.0 Å². The molecule has 48 heavy (non-hydrogen) atoms. The molecule has 2 heterocycles. The van der Waals surface area contributed by atoms with Gasteiger partial charge in [0.2, 0.25) is 0 Å². The van der Waals surface area contributed by atoms with E-state index in [0.29, 0.717) is 21.8 Å². The van der Waals surface area contributed by atoms with E-state index in [1.54, 1.807) is 12.1 Å². The van der Waals surface area contributed by atoms with Gasteiger partial charge < -0.3 is 11.5 Å². The zero-order valence-corrected chi connectivity index (χ0v) is 28.3. The fourth-order valence-corrected chi connectivity index (χ4v) is 9.93. The number of H-pyrrole nitrogens is 2. The maximum Gasteiger partial charge on any atom is 0.263 e. The third-order valence-electron chi connectivity index (χ3n) is 6.77. The number of hydrogen-bond acceptors (Lipinski definition) is 12. The van der Waals surface area contributed by atoms with Crippen LogP contribution < -0.4 is 20.9 Å². The molecule has 6 aromatic rings. The minimum atomic E-state index is -4.09. The normalized spacial score (nSPS) is 12.4. The molecule has 20 heteroatoms. The summed E-state index contributed by atoms with van der Waals surface area (Å²) < 4.78 is 102. The highest BCUT2D eigenvalue weighted by Gasteiger charge is 2.25. The monoisotopic (exact) mass is 732 g/mol. The van der Waals surface area contributed by atoms with Gasteiger partial charge in [-0.3, -0.25) is 19.6 Å². The molecule has 0 aliphatic rings. The Morgan fingerprint density at radius 1 is 0.521 bits per heavy atom. The summed E-state index contributed by atoms with van der Waals surface area (Å²) in [7, 11) is -15.6. The van der Waals surface area contributed by atoms with Crippen molar-refractivity contribution >= 4 is 84.5 Å². The van der Waals surface area contributed by atoms with E-state index >= 15 is 0 Å². The molecule has 0 spiro atoms. The summed E-state index contributed by atoms with van der Waals surface area (Å²) in [5, 5.41) is 14.2. The second-order valence-electron chi connectivity index (χ2n) is 10.4. The van der Waals surface area contributed by atoms with Crippen LogP contribution in [0.5, 0.6) is 0 Å². The fraction of sp³-hybridized carbons (Fsp3) is 0.0714. The van der Waals surface area contributed by atoms with E-state index in [9.17, 15) is 33.7 Å². The van der Waals surface area contributed by atoms with Crippen molar-refractivity contribution in [1.29, 1.82) is 0 Å². The van der Waals surface area contributed by atoms with Crippen LogP contribution >= 0.6 is 0 Å². The molecule has 4 aromatic carbocycles. The number of aromatic nitrogens is 4. The molecule has 0 saturated carbocycles. The number of aromatic amines is 2. The Bertz CT molecular complexity index is 2450. The minimum absolute atomic E-state index is 0.239. The molecule has 8 N–H and O–H groups in total. The summed E-state index contributed by atoms with van der Waals surface area (Å²) in [4.78, 5) is -1.15. The van der Waals surface area contributed by atoms with Gasteiger partial charge in [-0.15, -0.1) is 0 Å². The van der Waals surface area contributed by atoms with Gasteiger partial charge in [-0.1, -0.05) is 24.3 Å². The molecule has 16 nitrogen and oxygen atoms in total. The van der Waals surface area contributed by atoms with Gasteiger partial charge in [0.1, 0.15) is 9.79 Å². The lowest BCUT2D eigenvalue weighted by molar-refractivity contribution is 0.588. The molecular formula is C28H28N8O8S4. The summed E-state index contributed by atoms with van der Waals surface area (Å²) in [6, 6.07) is 20.2. The maximum atomic E-state index is 12.6. The highest BCUT2D eigenvalue weighted by molar-refractivity contribution is 7.95. The van der Waals surface area contributed by atoms with Crippen LogP contribution in [0.3, 0.4) is 0 Å². The van der Waals surface area contributed by atoms with Crippen molar-refractivity contribution in [3.63, 3.8) is 0 Å². The van der Waals surface area contributed by atoms with Gasteiger partial charge >= 0.3 is 0 Å². The van der Waals surface area contributed by atoms with Crippen molar-refractivity contribution in [2.75, 3.05) is 33.4 Å². The highest BCUT2D eigenvalue weighted by Crippen LogP contribution is 2.28. The lowest BCUT2D eigenvalue weighted by atomic mass is 10.2. The van der Waals surface area contributed by atoms with E-state index < -0.39 is 39.7 Å². The highest BCUT2D eigenvalue weighted by atomic mass is 32.2. The number of benzene rings is 4. The van der Waals surface area contributed by atoms with Crippen LogP contribution in [0.15, 0.2) is 105 Å². The minimum Gasteiger partial charge on any atom is -0.382 e. The Morgan fingerprint density at radius 3 is 1.19 bits per heavy atom. The van der Waals surface area contributed by atoms with Crippen molar-refractivity contribution in [2.45, 2.75) is 19.6 Å². The second-order valence-corrected chi connectivity index (χ2v) is 17.7. The SMILES string of the molecule is CS(=O)(=O)c1ccccc1S(=O)(=O)Nc1ccc2[nH]nc(N)c2c1.CS(=O)(=O)c1ccccc1S(=O)(=O)Nc1ccc2[nH]nc(N)c2c1. The number of sulfone groups is 2. The van der Waals surface area contributed by atoms with Gasteiger partial charge in [-0.05, 0) is 60.7 Å². The van der Waals surface area contributed by atoms with Crippen molar-refractivity contribution in [3.05, 3.63) is 84.9 Å². The van der Waals surface area contributed by atoms with Crippen molar-refractivity contribution in [3.8, 4) is 0 Å². The molecule has 0 radical (unpaired) electrons. The summed E-state index contributed by atoms with van der Waals surface area (Å²) >= 11 is 0. The topological polar surface area (TPSA) is 270 Å². The van der Waals surface area contributed by atoms with E-state index in [1.165, 1.54) is 72.8 Å². The number of nitrogens with one attached hydrogen (secondary N) is 4. The number of rotatable bonds is 8. The molecule has 0 aliphatic carbocycles. The molecule has 0 amide bonds. The molecule has 0 bridgehead atoms. The molecule has 6 rings (SSSR count). The van der Waals surface area contributed by atoms with Gasteiger partial charge in [0, 0.05) is 34.7 Å². The van der Waals surface area contributed by atoms with E-state index in [2.05, 4.69) is 29.8 Å². The molecule has 0 fully saturated rings. The Hall–Kier alpha value is -5.18. The first-order valence-corrected chi connectivity index (χ1v) is 20.2. The van der Waals surface area contributed by atoms with Gasteiger partial charge in [-0.25, -0.2) is 33.7 Å². The van der Waals surface area contributed by atoms with Gasteiger partial charge in [0.05, 0.1) is 20.8 Å². The Morgan fingerprint density at radius 2 is 0.854 bits per heavy atom. The molecule has 0 aliphatic heterocycles. The number of hydrogen-bond donors (Lipinski definition) is 6. The number of anilines is 4. The molecular weight excluding hydrogens is 705 g/mol. The lowest BCUT2D eigenvalue weighted by Gasteiger charge is -2.11.